The van der Waals surface area contributed by atoms with Crippen molar-refractivity contribution in [3.05, 3.63) is 57.8 Å². The summed E-state index contributed by atoms with van der Waals surface area (Å²) in [7, 11) is 0. The third-order valence-electron chi connectivity index (χ3n) is 3.39. The molecule has 128 valence electrons. The Morgan fingerprint density at radius 3 is 2.56 bits per heavy atom. The molecule has 0 bridgehead atoms. The highest BCUT2D eigenvalue weighted by atomic mass is 35.5. The van der Waals surface area contributed by atoms with E-state index in [4.69, 9.17) is 34.8 Å². The molecule has 10 heteroatoms. The van der Waals surface area contributed by atoms with Crippen molar-refractivity contribution in [2.24, 2.45) is 5.10 Å². The van der Waals surface area contributed by atoms with Crippen LogP contribution in [0.15, 0.2) is 42.2 Å². The zero-order valence-electron chi connectivity index (χ0n) is 12.5. The molecule has 1 aliphatic rings. The zero-order chi connectivity index (χ0) is 18.1. The Morgan fingerprint density at radius 1 is 1.32 bits per heavy atom. The Morgan fingerprint density at radius 2 is 2.00 bits per heavy atom. The fraction of sp³-hybridized carbons (Fsp3) is 0.0667. The van der Waals surface area contributed by atoms with Crippen molar-refractivity contribution in [3.8, 4) is 0 Å². The summed E-state index contributed by atoms with van der Waals surface area (Å²) >= 11 is 18.3. The summed E-state index contributed by atoms with van der Waals surface area (Å²) in [5, 5.41) is 14.9. The Bertz CT molecular complexity index is 872. The lowest BCUT2D eigenvalue weighted by Gasteiger charge is -2.16. The second-order valence-electron chi connectivity index (χ2n) is 4.98. The quantitative estimate of drug-likeness (QED) is 0.778. The zero-order valence-corrected chi connectivity index (χ0v) is 14.7. The van der Waals surface area contributed by atoms with Gasteiger partial charge in [-0.25, -0.2) is 0 Å². The summed E-state index contributed by atoms with van der Waals surface area (Å²) in [6.07, 6.45) is 2.62. The first kappa shape index (κ1) is 17.5. The van der Waals surface area contributed by atoms with Gasteiger partial charge < -0.3 is 5.32 Å². The minimum Gasteiger partial charge on any atom is -0.308 e. The van der Waals surface area contributed by atoms with Crippen molar-refractivity contribution in [1.82, 2.24) is 15.5 Å². The van der Waals surface area contributed by atoms with E-state index in [0.29, 0.717) is 10.7 Å². The van der Waals surface area contributed by atoms with E-state index in [-0.39, 0.29) is 21.6 Å². The first-order chi connectivity index (χ1) is 11.9. The van der Waals surface area contributed by atoms with E-state index in [1.807, 2.05) is 0 Å². The van der Waals surface area contributed by atoms with Gasteiger partial charge in [0.15, 0.2) is 0 Å². The van der Waals surface area contributed by atoms with Gasteiger partial charge in [-0.15, -0.1) is 0 Å². The van der Waals surface area contributed by atoms with Crippen LogP contribution in [0.25, 0.3) is 0 Å². The van der Waals surface area contributed by atoms with E-state index in [9.17, 15) is 9.59 Å². The van der Waals surface area contributed by atoms with Crippen LogP contribution in [0.3, 0.4) is 0 Å². The van der Waals surface area contributed by atoms with Crippen molar-refractivity contribution in [2.75, 3.05) is 5.01 Å². The van der Waals surface area contributed by atoms with E-state index in [2.05, 4.69) is 27.2 Å². The van der Waals surface area contributed by atoms with Gasteiger partial charge in [-0.1, -0.05) is 41.4 Å². The molecule has 25 heavy (non-hydrogen) atoms. The number of carbonyl (C=O) groups is 2. The van der Waals surface area contributed by atoms with Gasteiger partial charge in [-0.3, -0.25) is 14.7 Å². The third kappa shape index (κ3) is 3.26. The van der Waals surface area contributed by atoms with Crippen molar-refractivity contribution in [1.29, 1.82) is 0 Å². The molecular weight excluding hydrogens is 389 g/mol. The molecule has 2 heterocycles. The lowest BCUT2D eigenvalue weighted by atomic mass is 10.0. The van der Waals surface area contributed by atoms with Crippen molar-refractivity contribution >= 4 is 58.1 Å². The normalized spacial score (nSPS) is 16.8. The minimum atomic E-state index is -0.919. The fourth-order valence-electron chi connectivity index (χ4n) is 2.32. The number of nitrogens with zero attached hydrogens (tertiary/aromatic N) is 3. The van der Waals surface area contributed by atoms with Gasteiger partial charge in [-0.05, 0) is 24.3 Å². The Labute approximate surface area is 157 Å². The van der Waals surface area contributed by atoms with Gasteiger partial charge in [0.25, 0.3) is 5.91 Å². The number of hydrazone groups is 1. The SMILES string of the molecule is C=CC(=O)NC1=NN(c2c(Cl)cc(Cl)cc2Cl)C(=O)C1c1cc[nH]n1. The summed E-state index contributed by atoms with van der Waals surface area (Å²) < 4.78 is 0. The van der Waals surface area contributed by atoms with Gasteiger partial charge in [-0.2, -0.15) is 15.2 Å². The van der Waals surface area contributed by atoms with Gasteiger partial charge in [0.2, 0.25) is 5.91 Å². The maximum atomic E-state index is 12.9. The summed E-state index contributed by atoms with van der Waals surface area (Å²) in [5.74, 6) is -1.82. The van der Waals surface area contributed by atoms with E-state index in [0.717, 1.165) is 11.1 Å². The second-order valence-corrected chi connectivity index (χ2v) is 6.23. The largest absolute Gasteiger partial charge is 0.308 e. The number of halogens is 3. The fourth-order valence-corrected chi connectivity index (χ4v) is 3.30. The van der Waals surface area contributed by atoms with E-state index >= 15 is 0 Å². The number of rotatable bonds is 3. The molecular formula is C15H10Cl3N5O2. The topological polar surface area (TPSA) is 90.5 Å². The van der Waals surface area contributed by atoms with Crippen molar-refractivity contribution in [2.45, 2.75) is 5.92 Å². The van der Waals surface area contributed by atoms with Crippen LogP contribution < -0.4 is 10.3 Å². The lowest BCUT2D eigenvalue weighted by molar-refractivity contribution is -0.118. The van der Waals surface area contributed by atoms with Crippen LogP contribution in [0.5, 0.6) is 0 Å². The number of hydrogen-bond acceptors (Lipinski definition) is 4. The maximum Gasteiger partial charge on any atom is 0.264 e. The molecule has 0 aliphatic carbocycles. The number of aromatic nitrogens is 2. The van der Waals surface area contributed by atoms with Crippen LogP contribution in [0, 0.1) is 0 Å². The number of amides is 2. The van der Waals surface area contributed by atoms with Gasteiger partial charge in [0, 0.05) is 11.2 Å². The predicted molar refractivity (Wildman–Crippen MR) is 96.1 cm³/mol. The summed E-state index contributed by atoms with van der Waals surface area (Å²) in [4.78, 5) is 24.6. The smallest absolute Gasteiger partial charge is 0.264 e. The molecule has 0 radical (unpaired) electrons. The predicted octanol–water partition coefficient (Wildman–Crippen LogP) is 3.12. The highest BCUT2D eigenvalue weighted by Crippen LogP contribution is 2.40. The molecule has 1 unspecified atom stereocenters. The molecule has 2 N–H and O–H groups in total. The van der Waals surface area contributed by atoms with Gasteiger partial charge in [0.1, 0.15) is 17.4 Å². The number of hydrogen-bond donors (Lipinski definition) is 2. The molecule has 1 aromatic carbocycles. The molecule has 1 atom stereocenters. The summed E-state index contributed by atoms with van der Waals surface area (Å²) in [6.45, 7) is 3.38. The number of nitrogens with one attached hydrogen (secondary N) is 2. The molecule has 0 saturated carbocycles. The third-order valence-corrected chi connectivity index (χ3v) is 4.18. The summed E-state index contributed by atoms with van der Waals surface area (Å²) in [5.41, 5.74) is 0.554. The Balaban J connectivity index is 2.08. The van der Waals surface area contributed by atoms with Crippen LogP contribution in [-0.2, 0) is 9.59 Å². The molecule has 0 spiro atoms. The van der Waals surface area contributed by atoms with Crippen LogP contribution in [0.1, 0.15) is 11.6 Å². The molecule has 2 amide bonds. The van der Waals surface area contributed by atoms with Crippen molar-refractivity contribution in [3.63, 3.8) is 0 Å². The molecule has 0 saturated heterocycles. The second kappa shape index (κ2) is 6.87. The highest BCUT2D eigenvalue weighted by Gasteiger charge is 2.41. The number of anilines is 1. The number of carbonyl (C=O) groups excluding carboxylic acids is 2. The Kier molecular flexibility index (Phi) is 4.80. The summed E-state index contributed by atoms with van der Waals surface area (Å²) in [6, 6.07) is 4.49. The van der Waals surface area contributed by atoms with Crippen molar-refractivity contribution < 1.29 is 9.59 Å². The van der Waals surface area contributed by atoms with Gasteiger partial charge in [0.05, 0.1) is 15.7 Å². The monoisotopic (exact) mass is 397 g/mol. The lowest BCUT2D eigenvalue weighted by Crippen LogP contribution is -2.34. The molecule has 3 rings (SSSR count). The average molecular weight is 399 g/mol. The van der Waals surface area contributed by atoms with E-state index < -0.39 is 17.7 Å². The standard InChI is InChI=1S/C15H10Cl3N5O2/c1-2-11(24)20-14-12(10-3-4-19-21-10)15(25)23(22-14)13-8(17)5-7(16)6-9(13)18/h2-6,12H,1H2,(H,19,21)(H,20,22,24). The van der Waals surface area contributed by atoms with Crippen LogP contribution in [-0.4, -0.2) is 27.8 Å². The maximum absolute atomic E-state index is 12.9. The van der Waals surface area contributed by atoms with Crippen LogP contribution in [0.4, 0.5) is 5.69 Å². The molecule has 0 fully saturated rings. The number of amidine groups is 1. The molecule has 1 aliphatic heterocycles. The molecule has 1 aromatic heterocycles. The molecule has 2 aromatic rings. The highest BCUT2D eigenvalue weighted by molar-refractivity contribution is 6.43. The molecule has 7 nitrogen and oxygen atoms in total. The minimum absolute atomic E-state index is 0.0871. The number of H-pyrrole nitrogens is 1. The van der Waals surface area contributed by atoms with Gasteiger partial charge >= 0.3 is 0 Å². The van der Waals surface area contributed by atoms with E-state index in [1.54, 1.807) is 12.3 Å². The first-order valence-electron chi connectivity index (χ1n) is 6.92. The number of aromatic amines is 1. The first-order valence-corrected chi connectivity index (χ1v) is 8.06. The van der Waals surface area contributed by atoms with Crippen LogP contribution >= 0.6 is 34.8 Å². The van der Waals surface area contributed by atoms with E-state index in [1.165, 1.54) is 12.1 Å². The van der Waals surface area contributed by atoms with Crippen LogP contribution in [0.2, 0.25) is 15.1 Å². The average Bonchev–Trinajstić information content (AvgIpc) is 3.15. The number of benzene rings is 1. The Hall–Kier alpha value is -2.35.